The number of rotatable bonds is 4. The second kappa shape index (κ2) is 5.34. The predicted molar refractivity (Wildman–Crippen MR) is 66.2 cm³/mol. The number of oxime groups is 1. The van der Waals surface area contributed by atoms with Crippen LogP contribution >= 0.6 is 0 Å². The van der Waals surface area contributed by atoms with E-state index in [1.54, 1.807) is 0 Å². The number of hydrogen-bond donors (Lipinski definition) is 2. The Balaban J connectivity index is 2.12. The summed E-state index contributed by atoms with van der Waals surface area (Å²) in [5.41, 5.74) is 0.737. The lowest BCUT2D eigenvalue weighted by atomic mass is 10.2. The van der Waals surface area contributed by atoms with E-state index < -0.39 is 0 Å². The Morgan fingerprint density at radius 1 is 1.53 bits per heavy atom. The van der Waals surface area contributed by atoms with Crippen LogP contribution in [-0.4, -0.2) is 36.5 Å². The Kier molecular flexibility index (Phi) is 3.59. The first-order valence-corrected chi connectivity index (χ1v) is 5.52. The molecule has 0 radical (unpaired) electrons. The first-order valence-electron chi connectivity index (χ1n) is 5.52. The minimum Gasteiger partial charge on any atom is -0.482 e. The van der Waals surface area contributed by atoms with Crippen molar-refractivity contribution in [1.82, 2.24) is 5.32 Å². The SMILES string of the molecule is CC(Oc1ccccc1/C=N/O)C1=NCCN1. The summed E-state index contributed by atoms with van der Waals surface area (Å²) in [5.74, 6) is 1.54. The zero-order valence-corrected chi connectivity index (χ0v) is 9.63. The molecule has 1 aromatic rings. The molecule has 0 aliphatic carbocycles. The summed E-state index contributed by atoms with van der Waals surface area (Å²) < 4.78 is 5.79. The highest BCUT2D eigenvalue weighted by molar-refractivity contribution is 5.88. The second-order valence-corrected chi connectivity index (χ2v) is 3.74. The minimum atomic E-state index is -0.134. The van der Waals surface area contributed by atoms with Gasteiger partial charge in [-0.3, -0.25) is 4.99 Å². The van der Waals surface area contributed by atoms with E-state index >= 15 is 0 Å². The van der Waals surface area contributed by atoms with Gasteiger partial charge >= 0.3 is 0 Å². The van der Waals surface area contributed by atoms with Crippen molar-refractivity contribution in [2.75, 3.05) is 13.1 Å². The topological polar surface area (TPSA) is 66.2 Å². The Hall–Kier alpha value is -2.04. The number of nitrogens with one attached hydrogen (secondary N) is 1. The highest BCUT2D eigenvalue weighted by atomic mass is 16.5. The molecule has 0 bridgehead atoms. The normalized spacial score (nSPS) is 16.6. The van der Waals surface area contributed by atoms with Gasteiger partial charge in [-0.25, -0.2) is 0 Å². The maximum absolute atomic E-state index is 8.57. The number of benzene rings is 1. The fourth-order valence-electron chi connectivity index (χ4n) is 1.69. The molecule has 0 spiro atoms. The molecule has 5 nitrogen and oxygen atoms in total. The van der Waals surface area contributed by atoms with Crippen LogP contribution in [0.3, 0.4) is 0 Å². The Bertz CT molecular complexity index is 443. The van der Waals surface area contributed by atoms with E-state index in [2.05, 4.69) is 15.5 Å². The Labute approximate surface area is 99.8 Å². The molecule has 0 fully saturated rings. The summed E-state index contributed by atoms with van der Waals surface area (Å²) in [4.78, 5) is 4.30. The quantitative estimate of drug-likeness (QED) is 0.467. The van der Waals surface area contributed by atoms with Crippen LogP contribution in [-0.2, 0) is 0 Å². The number of hydrogen-bond acceptors (Lipinski definition) is 5. The third kappa shape index (κ3) is 2.75. The summed E-state index contributed by atoms with van der Waals surface area (Å²) in [7, 11) is 0. The number of amidine groups is 1. The van der Waals surface area contributed by atoms with Crippen LogP contribution in [0.25, 0.3) is 0 Å². The van der Waals surface area contributed by atoms with E-state index in [0.29, 0.717) is 5.75 Å². The van der Waals surface area contributed by atoms with Gasteiger partial charge in [-0.2, -0.15) is 0 Å². The van der Waals surface area contributed by atoms with Gasteiger partial charge in [0.1, 0.15) is 11.6 Å². The number of aliphatic imine (C=N–C) groups is 1. The first kappa shape index (κ1) is 11.4. The molecule has 0 aromatic heterocycles. The van der Waals surface area contributed by atoms with Gasteiger partial charge in [0.15, 0.2) is 6.10 Å². The molecule has 1 aliphatic heterocycles. The lowest BCUT2D eigenvalue weighted by molar-refractivity contribution is 0.283. The van der Waals surface area contributed by atoms with E-state index in [0.717, 1.165) is 24.5 Å². The first-order chi connectivity index (χ1) is 8.31. The zero-order valence-electron chi connectivity index (χ0n) is 9.63. The summed E-state index contributed by atoms with van der Waals surface area (Å²) in [6.45, 7) is 3.59. The van der Waals surface area contributed by atoms with Gasteiger partial charge in [0.2, 0.25) is 0 Å². The van der Waals surface area contributed by atoms with E-state index in [-0.39, 0.29) is 6.10 Å². The van der Waals surface area contributed by atoms with Gasteiger partial charge in [0.25, 0.3) is 0 Å². The second-order valence-electron chi connectivity index (χ2n) is 3.74. The molecule has 0 saturated heterocycles. The molecule has 0 amide bonds. The molecule has 17 heavy (non-hydrogen) atoms. The summed E-state index contributed by atoms with van der Waals surface area (Å²) in [6.07, 6.45) is 1.22. The van der Waals surface area contributed by atoms with Crippen molar-refractivity contribution in [3.63, 3.8) is 0 Å². The van der Waals surface area contributed by atoms with E-state index in [1.165, 1.54) is 6.21 Å². The van der Waals surface area contributed by atoms with Gasteiger partial charge in [0.05, 0.1) is 12.8 Å². The standard InChI is InChI=1S/C12H15N3O2/c1-9(12-13-6-7-14-12)17-11-5-3-2-4-10(11)8-15-16/h2-5,8-9,16H,6-7H2,1H3,(H,13,14)/b15-8+. The highest BCUT2D eigenvalue weighted by Crippen LogP contribution is 2.18. The van der Waals surface area contributed by atoms with Crippen molar-refractivity contribution < 1.29 is 9.94 Å². The van der Waals surface area contributed by atoms with Crippen molar-refractivity contribution in [2.45, 2.75) is 13.0 Å². The smallest absolute Gasteiger partial charge is 0.152 e. The maximum Gasteiger partial charge on any atom is 0.152 e. The Morgan fingerprint density at radius 2 is 2.35 bits per heavy atom. The van der Waals surface area contributed by atoms with Crippen molar-refractivity contribution in [1.29, 1.82) is 0 Å². The van der Waals surface area contributed by atoms with Crippen molar-refractivity contribution >= 4 is 12.1 Å². The number of ether oxygens (including phenoxy) is 1. The monoisotopic (exact) mass is 233 g/mol. The Morgan fingerprint density at radius 3 is 3.06 bits per heavy atom. The molecule has 1 aromatic carbocycles. The number of para-hydroxylation sites is 1. The molecule has 1 heterocycles. The maximum atomic E-state index is 8.57. The van der Waals surface area contributed by atoms with E-state index in [1.807, 2.05) is 31.2 Å². The summed E-state index contributed by atoms with van der Waals surface area (Å²) >= 11 is 0. The molecule has 0 saturated carbocycles. The number of nitrogens with zero attached hydrogens (tertiary/aromatic N) is 2. The highest BCUT2D eigenvalue weighted by Gasteiger charge is 2.16. The average Bonchev–Trinajstić information content (AvgIpc) is 2.85. The van der Waals surface area contributed by atoms with Crippen LogP contribution in [0.4, 0.5) is 0 Å². The third-order valence-electron chi connectivity index (χ3n) is 2.50. The van der Waals surface area contributed by atoms with Crippen molar-refractivity contribution in [2.24, 2.45) is 10.1 Å². The molecule has 2 rings (SSSR count). The van der Waals surface area contributed by atoms with Gasteiger partial charge in [-0.15, -0.1) is 0 Å². The molecule has 90 valence electrons. The molecule has 1 aliphatic rings. The summed E-state index contributed by atoms with van der Waals surface area (Å²) in [5, 5.41) is 14.8. The summed E-state index contributed by atoms with van der Waals surface area (Å²) in [6, 6.07) is 7.40. The van der Waals surface area contributed by atoms with Crippen LogP contribution in [0.2, 0.25) is 0 Å². The van der Waals surface area contributed by atoms with Gasteiger partial charge in [-0.05, 0) is 19.1 Å². The van der Waals surface area contributed by atoms with Crippen LogP contribution in [0.1, 0.15) is 12.5 Å². The molecule has 1 atom stereocenters. The molecule has 5 heteroatoms. The van der Waals surface area contributed by atoms with Crippen LogP contribution in [0, 0.1) is 0 Å². The van der Waals surface area contributed by atoms with E-state index in [4.69, 9.17) is 9.94 Å². The van der Waals surface area contributed by atoms with Crippen molar-refractivity contribution in [3.05, 3.63) is 29.8 Å². The molecular weight excluding hydrogens is 218 g/mol. The van der Waals surface area contributed by atoms with Crippen LogP contribution in [0.15, 0.2) is 34.4 Å². The van der Waals surface area contributed by atoms with Gasteiger partial charge in [-0.1, -0.05) is 17.3 Å². The molecular formula is C12H15N3O2. The third-order valence-corrected chi connectivity index (χ3v) is 2.50. The zero-order chi connectivity index (χ0) is 12.1. The van der Waals surface area contributed by atoms with Gasteiger partial charge in [0, 0.05) is 12.1 Å². The largest absolute Gasteiger partial charge is 0.482 e. The minimum absolute atomic E-state index is 0.134. The fraction of sp³-hybridized carbons (Fsp3) is 0.333. The average molecular weight is 233 g/mol. The van der Waals surface area contributed by atoms with E-state index in [9.17, 15) is 0 Å². The van der Waals surface area contributed by atoms with Gasteiger partial charge < -0.3 is 15.3 Å². The van der Waals surface area contributed by atoms with Crippen LogP contribution in [0.5, 0.6) is 5.75 Å². The lowest BCUT2D eigenvalue weighted by Crippen LogP contribution is -2.33. The molecule has 1 unspecified atom stereocenters. The fourth-order valence-corrected chi connectivity index (χ4v) is 1.69. The van der Waals surface area contributed by atoms with Crippen molar-refractivity contribution in [3.8, 4) is 5.75 Å². The predicted octanol–water partition coefficient (Wildman–Crippen LogP) is 1.26. The van der Waals surface area contributed by atoms with Crippen LogP contribution < -0.4 is 10.1 Å². The lowest BCUT2D eigenvalue weighted by Gasteiger charge is -2.16. The molecule has 2 N–H and O–H groups in total.